The average molecular weight is 470 g/mol. The van der Waals surface area contributed by atoms with Crippen molar-refractivity contribution in [2.45, 2.75) is 26.2 Å². The second-order valence-electron chi connectivity index (χ2n) is 8.47. The molecule has 0 aliphatic heterocycles. The van der Waals surface area contributed by atoms with Gasteiger partial charge in [0, 0.05) is 31.1 Å². The highest BCUT2D eigenvalue weighted by molar-refractivity contribution is 5.91. The smallest absolute Gasteiger partial charge is 0.225 e. The van der Waals surface area contributed by atoms with Crippen LogP contribution >= 0.6 is 0 Å². The Kier molecular flexibility index (Phi) is 9.58. The standard InChI is InChI=1S/C29H31N3O3/c1-5-17-34-26-12-6-9-23(19-26)14-15-28-30-21-22(2)29(31-28)35-27-13-7-10-24(20-27)18-25(33)11-8-16-32(3)4/h1,6-13,19-21H,14-18H2,2-4H3/b11-8+. The third kappa shape index (κ3) is 8.73. The first-order valence-corrected chi connectivity index (χ1v) is 11.5. The van der Waals surface area contributed by atoms with Gasteiger partial charge in [-0.2, -0.15) is 4.98 Å². The number of aryl methyl sites for hydroxylation is 3. The van der Waals surface area contributed by atoms with E-state index in [-0.39, 0.29) is 12.4 Å². The van der Waals surface area contributed by atoms with Crippen LogP contribution in [0.15, 0.2) is 66.9 Å². The van der Waals surface area contributed by atoms with Gasteiger partial charge in [0.2, 0.25) is 5.88 Å². The van der Waals surface area contributed by atoms with Gasteiger partial charge in [-0.3, -0.25) is 4.79 Å². The highest BCUT2D eigenvalue weighted by Crippen LogP contribution is 2.24. The second kappa shape index (κ2) is 13.1. The third-order valence-corrected chi connectivity index (χ3v) is 5.10. The van der Waals surface area contributed by atoms with Crippen LogP contribution in [0.3, 0.4) is 0 Å². The number of carbonyl (C=O) groups excluding carboxylic acids is 1. The summed E-state index contributed by atoms with van der Waals surface area (Å²) in [4.78, 5) is 23.3. The molecule has 0 aliphatic rings. The molecular weight excluding hydrogens is 438 g/mol. The molecule has 2 aromatic carbocycles. The number of hydrogen-bond donors (Lipinski definition) is 0. The van der Waals surface area contributed by atoms with E-state index >= 15 is 0 Å². The van der Waals surface area contributed by atoms with Crippen LogP contribution in [0.1, 0.15) is 22.5 Å². The van der Waals surface area contributed by atoms with Gasteiger partial charge < -0.3 is 14.4 Å². The number of nitrogens with zero attached hydrogens (tertiary/aromatic N) is 3. The zero-order chi connectivity index (χ0) is 25.0. The fraction of sp³-hybridized carbons (Fsp3) is 0.276. The summed E-state index contributed by atoms with van der Waals surface area (Å²) in [6, 6.07) is 15.4. The van der Waals surface area contributed by atoms with Gasteiger partial charge in [-0.15, -0.1) is 6.42 Å². The van der Waals surface area contributed by atoms with Gasteiger partial charge in [0.25, 0.3) is 0 Å². The van der Waals surface area contributed by atoms with Gasteiger partial charge in [-0.25, -0.2) is 4.98 Å². The molecule has 180 valence electrons. The first-order chi connectivity index (χ1) is 16.9. The summed E-state index contributed by atoms with van der Waals surface area (Å²) in [5.74, 6) is 5.12. The largest absolute Gasteiger partial charge is 0.481 e. The molecule has 3 rings (SSSR count). The Hall–Kier alpha value is -3.95. The maximum absolute atomic E-state index is 12.2. The van der Waals surface area contributed by atoms with Gasteiger partial charge in [-0.05, 0) is 68.9 Å². The summed E-state index contributed by atoms with van der Waals surface area (Å²) < 4.78 is 11.6. The molecule has 0 N–H and O–H groups in total. The number of likely N-dealkylation sites (N-methyl/N-ethyl adjacent to an activating group) is 1. The Morgan fingerprint density at radius 2 is 1.83 bits per heavy atom. The summed E-state index contributed by atoms with van der Waals surface area (Å²) in [5.41, 5.74) is 2.84. The lowest BCUT2D eigenvalue weighted by molar-refractivity contribution is -0.114. The Morgan fingerprint density at radius 3 is 2.60 bits per heavy atom. The van der Waals surface area contributed by atoms with Gasteiger partial charge >= 0.3 is 0 Å². The summed E-state index contributed by atoms with van der Waals surface area (Å²) in [5, 5.41) is 0. The van der Waals surface area contributed by atoms with Crippen LogP contribution in [0.2, 0.25) is 0 Å². The molecule has 0 bridgehead atoms. The molecule has 0 saturated heterocycles. The third-order valence-electron chi connectivity index (χ3n) is 5.10. The van der Waals surface area contributed by atoms with E-state index in [4.69, 9.17) is 15.9 Å². The normalized spacial score (nSPS) is 10.9. The fourth-order valence-corrected chi connectivity index (χ4v) is 3.34. The topological polar surface area (TPSA) is 64.6 Å². The fourth-order valence-electron chi connectivity index (χ4n) is 3.34. The Morgan fingerprint density at radius 1 is 1.09 bits per heavy atom. The summed E-state index contributed by atoms with van der Waals surface area (Å²) >= 11 is 0. The molecule has 6 nitrogen and oxygen atoms in total. The molecule has 0 amide bonds. The predicted molar refractivity (Wildman–Crippen MR) is 138 cm³/mol. The lowest BCUT2D eigenvalue weighted by Gasteiger charge is -2.10. The van der Waals surface area contributed by atoms with E-state index in [2.05, 4.69) is 15.9 Å². The highest BCUT2D eigenvalue weighted by atomic mass is 16.5. The first-order valence-electron chi connectivity index (χ1n) is 11.5. The van der Waals surface area contributed by atoms with Crippen molar-refractivity contribution in [2.75, 3.05) is 27.2 Å². The van der Waals surface area contributed by atoms with E-state index in [0.29, 0.717) is 30.3 Å². The monoisotopic (exact) mass is 469 g/mol. The van der Waals surface area contributed by atoms with Gasteiger partial charge in [-0.1, -0.05) is 36.3 Å². The molecule has 0 saturated carbocycles. The molecule has 3 aromatic rings. The lowest BCUT2D eigenvalue weighted by atomic mass is 10.1. The molecule has 1 aromatic heterocycles. The Labute approximate surface area is 207 Å². The molecular formula is C29H31N3O3. The number of benzene rings is 2. The Balaban J connectivity index is 1.63. The second-order valence-corrected chi connectivity index (χ2v) is 8.47. The number of carbonyl (C=O) groups is 1. The van der Waals surface area contributed by atoms with Crippen molar-refractivity contribution in [3.8, 4) is 29.7 Å². The number of aromatic nitrogens is 2. The van der Waals surface area contributed by atoms with E-state index in [9.17, 15) is 4.79 Å². The van der Waals surface area contributed by atoms with Crippen LogP contribution in [-0.4, -0.2) is 47.9 Å². The van der Waals surface area contributed by atoms with Gasteiger partial charge in [0.1, 0.15) is 23.9 Å². The van der Waals surface area contributed by atoms with Crippen LogP contribution in [0.25, 0.3) is 0 Å². The minimum atomic E-state index is 0.0539. The maximum atomic E-state index is 12.2. The van der Waals surface area contributed by atoms with Crippen LogP contribution in [-0.2, 0) is 24.1 Å². The molecule has 0 unspecified atom stereocenters. The minimum Gasteiger partial charge on any atom is -0.481 e. The SMILES string of the molecule is C#CCOc1cccc(CCc2ncc(C)c(Oc3cccc(CC(=O)/C=C/CN(C)C)c3)n2)c1. The molecule has 0 aliphatic carbocycles. The molecule has 0 fully saturated rings. The minimum absolute atomic E-state index is 0.0539. The Bertz CT molecular complexity index is 1210. The van der Waals surface area contributed by atoms with Crippen molar-refractivity contribution in [1.29, 1.82) is 0 Å². The zero-order valence-corrected chi connectivity index (χ0v) is 20.5. The molecule has 0 atom stereocenters. The van der Waals surface area contributed by atoms with Crippen molar-refractivity contribution in [1.82, 2.24) is 14.9 Å². The first kappa shape index (κ1) is 25.7. The van der Waals surface area contributed by atoms with Crippen LogP contribution in [0, 0.1) is 19.3 Å². The summed E-state index contributed by atoms with van der Waals surface area (Å²) in [6.07, 6.45) is 12.3. The molecule has 0 spiro atoms. The number of hydrogen-bond acceptors (Lipinski definition) is 6. The lowest BCUT2D eigenvalue weighted by Crippen LogP contribution is -2.11. The van der Waals surface area contributed by atoms with Crippen LogP contribution in [0.5, 0.6) is 17.4 Å². The van der Waals surface area contributed by atoms with Crippen molar-refractivity contribution in [3.63, 3.8) is 0 Å². The van der Waals surface area contributed by atoms with E-state index < -0.39 is 0 Å². The van der Waals surface area contributed by atoms with Crippen LogP contribution < -0.4 is 9.47 Å². The van der Waals surface area contributed by atoms with Crippen LogP contribution in [0.4, 0.5) is 0 Å². The number of terminal acetylenes is 1. The average Bonchev–Trinajstić information content (AvgIpc) is 2.83. The van der Waals surface area contributed by atoms with E-state index in [1.54, 1.807) is 12.3 Å². The quantitative estimate of drug-likeness (QED) is 0.285. The number of rotatable bonds is 12. The molecule has 35 heavy (non-hydrogen) atoms. The maximum Gasteiger partial charge on any atom is 0.225 e. The number of ether oxygens (including phenoxy) is 2. The van der Waals surface area contributed by atoms with Crippen molar-refractivity contribution >= 4 is 5.78 Å². The highest BCUT2D eigenvalue weighted by Gasteiger charge is 2.09. The van der Waals surface area contributed by atoms with E-state index in [1.807, 2.05) is 80.5 Å². The number of allylic oxidation sites excluding steroid dienone is 1. The predicted octanol–water partition coefficient (Wildman–Crippen LogP) is 4.60. The van der Waals surface area contributed by atoms with Crippen molar-refractivity contribution in [3.05, 3.63) is 89.4 Å². The summed E-state index contributed by atoms with van der Waals surface area (Å²) in [6.45, 7) is 2.89. The molecule has 1 heterocycles. The number of ketones is 1. The van der Waals surface area contributed by atoms with Crippen molar-refractivity contribution in [2.24, 2.45) is 0 Å². The van der Waals surface area contributed by atoms with Crippen molar-refractivity contribution < 1.29 is 14.3 Å². The van der Waals surface area contributed by atoms with Gasteiger partial charge in [0.05, 0.1) is 0 Å². The van der Waals surface area contributed by atoms with E-state index in [0.717, 1.165) is 35.4 Å². The molecule has 6 heteroatoms. The molecule has 0 radical (unpaired) electrons. The summed E-state index contributed by atoms with van der Waals surface area (Å²) in [7, 11) is 3.93. The van der Waals surface area contributed by atoms with E-state index in [1.165, 1.54) is 0 Å². The zero-order valence-electron chi connectivity index (χ0n) is 20.5. The van der Waals surface area contributed by atoms with Gasteiger partial charge in [0.15, 0.2) is 5.78 Å².